The average Bonchev–Trinajstić information content (AvgIpc) is 2.28. The molecular weight excluding hydrogens is 160 g/mol. The van der Waals surface area contributed by atoms with Gasteiger partial charge in [0.15, 0.2) is 0 Å². The molecule has 2 rings (SSSR count). The Morgan fingerprint density at radius 1 is 1.17 bits per heavy atom. The van der Waals surface area contributed by atoms with E-state index in [0.29, 0.717) is 24.9 Å². The van der Waals surface area contributed by atoms with Gasteiger partial charge in [0.25, 0.3) is 0 Å². The van der Waals surface area contributed by atoms with Crippen LogP contribution in [0.25, 0.3) is 0 Å². The minimum Gasteiger partial charge on any atom is -0.311 e. The highest BCUT2D eigenvalue weighted by Crippen LogP contribution is 2.39. The maximum absolute atomic E-state index is 13.0. The van der Waals surface area contributed by atoms with Crippen LogP contribution in [0, 0.1) is 5.92 Å². The molecule has 2 bridgehead atoms. The summed E-state index contributed by atoms with van der Waals surface area (Å²) in [6.07, 6.45) is 3.52. The zero-order chi connectivity index (χ0) is 8.77. The molecule has 0 aromatic heterocycles. The normalized spacial score (nSPS) is 41.8. The second kappa shape index (κ2) is 2.66. The van der Waals surface area contributed by atoms with Crippen molar-refractivity contribution >= 4 is 0 Å². The molecule has 2 fully saturated rings. The Hall–Kier alpha value is -0.180. The first-order chi connectivity index (χ1) is 5.55. The third-order valence-electron chi connectivity index (χ3n) is 3.19. The Bertz CT molecular complexity index is 164. The van der Waals surface area contributed by atoms with Gasteiger partial charge in [-0.2, -0.15) is 0 Å². The molecule has 2 aliphatic heterocycles. The SMILES string of the molecule is CC(F)(F)C1CC2CCC(C1)N2. The van der Waals surface area contributed by atoms with Gasteiger partial charge in [0, 0.05) is 18.0 Å². The minimum absolute atomic E-state index is 0.375. The molecule has 1 N–H and O–H groups in total. The van der Waals surface area contributed by atoms with E-state index >= 15 is 0 Å². The first-order valence-electron chi connectivity index (χ1n) is 4.69. The van der Waals surface area contributed by atoms with Crippen LogP contribution in [0.5, 0.6) is 0 Å². The number of piperidine rings is 1. The maximum atomic E-state index is 13.0. The van der Waals surface area contributed by atoms with Crippen molar-refractivity contribution < 1.29 is 8.78 Å². The van der Waals surface area contributed by atoms with E-state index in [1.807, 2.05) is 0 Å². The quantitative estimate of drug-likeness (QED) is 0.644. The molecule has 0 aliphatic carbocycles. The lowest BCUT2D eigenvalue weighted by Crippen LogP contribution is -2.43. The number of nitrogens with one attached hydrogen (secondary N) is 1. The van der Waals surface area contributed by atoms with E-state index in [2.05, 4.69) is 5.32 Å². The van der Waals surface area contributed by atoms with Crippen LogP contribution in [0.4, 0.5) is 8.78 Å². The number of fused-ring (bicyclic) bond motifs is 2. The van der Waals surface area contributed by atoms with Crippen molar-refractivity contribution in [3.05, 3.63) is 0 Å². The van der Waals surface area contributed by atoms with Crippen LogP contribution in [0.15, 0.2) is 0 Å². The molecule has 2 saturated heterocycles. The second-order valence-electron chi connectivity index (χ2n) is 4.26. The van der Waals surface area contributed by atoms with Crippen molar-refractivity contribution in [3.63, 3.8) is 0 Å². The Labute approximate surface area is 71.5 Å². The molecule has 0 radical (unpaired) electrons. The molecule has 2 unspecified atom stereocenters. The van der Waals surface area contributed by atoms with E-state index in [0.717, 1.165) is 19.8 Å². The fourth-order valence-electron chi connectivity index (χ4n) is 2.47. The number of alkyl halides is 2. The van der Waals surface area contributed by atoms with Gasteiger partial charge in [0.05, 0.1) is 0 Å². The van der Waals surface area contributed by atoms with Gasteiger partial charge in [-0.1, -0.05) is 0 Å². The molecule has 0 spiro atoms. The largest absolute Gasteiger partial charge is 0.311 e. The van der Waals surface area contributed by atoms with Crippen molar-refractivity contribution in [2.45, 2.75) is 50.6 Å². The van der Waals surface area contributed by atoms with Gasteiger partial charge in [0.2, 0.25) is 5.92 Å². The molecule has 0 aromatic carbocycles. The lowest BCUT2D eigenvalue weighted by Gasteiger charge is -2.32. The van der Waals surface area contributed by atoms with E-state index in [9.17, 15) is 8.78 Å². The van der Waals surface area contributed by atoms with Crippen LogP contribution in [-0.4, -0.2) is 18.0 Å². The predicted molar refractivity (Wildman–Crippen MR) is 43.3 cm³/mol. The highest BCUT2D eigenvalue weighted by atomic mass is 19.3. The molecule has 0 saturated carbocycles. The fraction of sp³-hybridized carbons (Fsp3) is 1.00. The van der Waals surface area contributed by atoms with Crippen molar-refractivity contribution in [2.75, 3.05) is 0 Å². The molecule has 0 aromatic rings. The number of hydrogen-bond donors (Lipinski definition) is 1. The topological polar surface area (TPSA) is 12.0 Å². The summed E-state index contributed by atoms with van der Waals surface area (Å²) in [5, 5.41) is 3.36. The van der Waals surface area contributed by atoms with Crippen LogP contribution < -0.4 is 5.32 Å². The Kier molecular flexibility index (Phi) is 1.86. The lowest BCUT2D eigenvalue weighted by molar-refractivity contribution is -0.0570. The zero-order valence-electron chi connectivity index (χ0n) is 7.32. The van der Waals surface area contributed by atoms with Gasteiger partial charge < -0.3 is 5.32 Å². The third-order valence-corrected chi connectivity index (χ3v) is 3.19. The van der Waals surface area contributed by atoms with Crippen LogP contribution in [0.2, 0.25) is 0 Å². The Balaban J connectivity index is 2.03. The summed E-state index contributed by atoms with van der Waals surface area (Å²) in [5.41, 5.74) is 0. The smallest absolute Gasteiger partial charge is 0.248 e. The van der Waals surface area contributed by atoms with Gasteiger partial charge in [-0.3, -0.25) is 0 Å². The summed E-state index contributed by atoms with van der Waals surface area (Å²) in [4.78, 5) is 0. The monoisotopic (exact) mass is 175 g/mol. The van der Waals surface area contributed by atoms with Gasteiger partial charge >= 0.3 is 0 Å². The third kappa shape index (κ3) is 1.47. The second-order valence-corrected chi connectivity index (χ2v) is 4.26. The van der Waals surface area contributed by atoms with Crippen LogP contribution in [0.1, 0.15) is 32.6 Å². The fourth-order valence-corrected chi connectivity index (χ4v) is 2.47. The van der Waals surface area contributed by atoms with Gasteiger partial charge in [-0.05, 0) is 32.6 Å². The van der Waals surface area contributed by atoms with Crippen LogP contribution in [-0.2, 0) is 0 Å². The molecule has 70 valence electrons. The molecule has 2 heterocycles. The summed E-state index contributed by atoms with van der Waals surface area (Å²) in [7, 11) is 0. The summed E-state index contributed by atoms with van der Waals surface area (Å²) in [6.45, 7) is 1.06. The van der Waals surface area contributed by atoms with E-state index < -0.39 is 5.92 Å². The van der Waals surface area contributed by atoms with Crippen molar-refractivity contribution in [1.29, 1.82) is 0 Å². The highest BCUT2D eigenvalue weighted by molar-refractivity contribution is 4.94. The Morgan fingerprint density at radius 2 is 1.67 bits per heavy atom. The molecule has 1 nitrogen and oxygen atoms in total. The van der Waals surface area contributed by atoms with Gasteiger partial charge in [0.1, 0.15) is 0 Å². The van der Waals surface area contributed by atoms with E-state index in [1.165, 1.54) is 0 Å². The number of rotatable bonds is 1. The number of halogens is 2. The van der Waals surface area contributed by atoms with Crippen molar-refractivity contribution in [2.24, 2.45) is 5.92 Å². The highest BCUT2D eigenvalue weighted by Gasteiger charge is 2.43. The predicted octanol–water partition coefficient (Wildman–Crippen LogP) is 2.17. The first kappa shape index (κ1) is 8.42. The zero-order valence-corrected chi connectivity index (χ0v) is 7.32. The molecule has 2 atom stereocenters. The van der Waals surface area contributed by atoms with E-state index in [1.54, 1.807) is 0 Å². The van der Waals surface area contributed by atoms with Crippen LogP contribution >= 0.6 is 0 Å². The molecule has 2 aliphatic rings. The maximum Gasteiger partial charge on any atom is 0.248 e. The molecule has 0 amide bonds. The Morgan fingerprint density at radius 3 is 2.08 bits per heavy atom. The van der Waals surface area contributed by atoms with Crippen molar-refractivity contribution in [3.8, 4) is 0 Å². The standard InChI is InChI=1S/C9H15F2N/c1-9(10,11)6-4-7-2-3-8(5-6)12-7/h6-8,12H,2-5H2,1H3. The van der Waals surface area contributed by atoms with Gasteiger partial charge in [-0.25, -0.2) is 8.78 Å². The molecular formula is C9H15F2N. The number of hydrogen-bond acceptors (Lipinski definition) is 1. The first-order valence-corrected chi connectivity index (χ1v) is 4.69. The molecule has 3 heteroatoms. The summed E-state index contributed by atoms with van der Waals surface area (Å²) in [5.74, 6) is -2.85. The van der Waals surface area contributed by atoms with E-state index in [4.69, 9.17) is 0 Å². The van der Waals surface area contributed by atoms with Crippen molar-refractivity contribution in [1.82, 2.24) is 5.32 Å². The van der Waals surface area contributed by atoms with Crippen LogP contribution in [0.3, 0.4) is 0 Å². The lowest BCUT2D eigenvalue weighted by atomic mass is 9.88. The average molecular weight is 175 g/mol. The molecule has 12 heavy (non-hydrogen) atoms. The van der Waals surface area contributed by atoms with Gasteiger partial charge in [-0.15, -0.1) is 0 Å². The summed E-state index contributed by atoms with van der Waals surface area (Å²) in [6, 6.07) is 0.749. The summed E-state index contributed by atoms with van der Waals surface area (Å²) < 4.78 is 25.9. The van der Waals surface area contributed by atoms with E-state index in [-0.39, 0.29) is 5.92 Å². The summed E-state index contributed by atoms with van der Waals surface area (Å²) >= 11 is 0. The minimum atomic E-state index is -2.47.